The van der Waals surface area contributed by atoms with Gasteiger partial charge in [-0.3, -0.25) is 9.69 Å². The Labute approximate surface area is 100 Å². The molecule has 1 amide bonds. The van der Waals surface area contributed by atoms with E-state index in [4.69, 9.17) is 0 Å². The molecule has 16 heavy (non-hydrogen) atoms. The molecule has 0 aromatic carbocycles. The highest BCUT2D eigenvalue weighted by Gasteiger charge is 2.30. The third-order valence-electron chi connectivity index (χ3n) is 2.92. The summed E-state index contributed by atoms with van der Waals surface area (Å²) >= 11 is 1.68. The molecule has 0 aliphatic carbocycles. The highest BCUT2D eigenvalue weighted by atomic mass is 32.1. The topological polar surface area (TPSA) is 32.3 Å². The molecular weight excluding hydrogens is 220 g/mol. The van der Waals surface area contributed by atoms with E-state index < -0.39 is 0 Å². The molecule has 88 valence electrons. The maximum absolute atomic E-state index is 11.4. The Hall–Kier alpha value is -0.870. The van der Waals surface area contributed by atoms with Crippen LogP contribution in [-0.4, -0.2) is 23.9 Å². The number of hydrogen-bond donors (Lipinski definition) is 1. The summed E-state index contributed by atoms with van der Waals surface area (Å²) in [6, 6.07) is 2.09. The zero-order chi connectivity index (χ0) is 11.4. The van der Waals surface area contributed by atoms with Gasteiger partial charge in [0, 0.05) is 6.54 Å². The van der Waals surface area contributed by atoms with E-state index in [1.807, 2.05) is 0 Å². The third-order valence-corrected chi connectivity index (χ3v) is 3.62. The SMILES string of the molecule is CCCCCN1CC(=O)N[C@H]1c1ccsc1. The summed E-state index contributed by atoms with van der Waals surface area (Å²) < 4.78 is 0. The number of carbonyl (C=O) groups excluding carboxylic acids is 1. The molecule has 1 aromatic heterocycles. The first kappa shape index (κ1) is 11.6. The number of rotatable bonds is 5. The lowest BCUT2D eigenvalue weighted by molar-refractivity contribution is -0.118. The minimum atomic E-state index is 0.107. The van der Waals surface area contributed by atoms with Crippen LogP contribution in [0.1, 0.15) is 37.9 Å². The smallest absolute Gasteiger partial charge is 0.235 e. The molecule has 0 radical (unpaired) electrons. The van der Waals surface area contributed by atoms with E-state index in [1.54, 1.807) is 11.3 Å². The Balaban J connectivity index is 1.96. The Morgan fingerprint density at radius 1 is 1.56 bits per heavy atom. The van der Waals surface area contributed by atoms with E-state index in [2.05, 4.69) is 34.0 Å². The van der Waals surface area contributed by atoms with Crippen LogP contribution in [-0.2, 0) is 4.79 Å². The van der Waals surface area contributed by atoms with Gasteiger partial charge in [-0.2, -0.15) is 11.3 Å². The van der Waals surface area contributed by atoms with Crippen molar-refractivity contribution in [2.45, 2.75) is 32.4 Å². The maximum atomic E-state index is 11.4. The summed E-state index contributed by atoms with van der Waals surface area (Å²) in [6.45, 7) is 3.75. The van der Waals surface area contributed by atoms with E-state index in [-0.39, 0.29) is 12.1 Å². The van der Waals surface area contributed by atoms with Crippen molar-refractivity contribution in [3.63, 3.8) is 0 Å². The molecule has 1 aromatic rings. The highest BCUT2D eigenvalue weighted by Crippen LogP contribution is 2.24. The van der Waals surface area contributed by atoms with Gasteiger partial charge >= 0.3 is 0 Å². The Morgan fingerprint density at radius 3 is 3.12 bits per heavy atom. The third kappa shape index (κ3) is 2.62. The first-order valence-electron chi connectivity index (χ1n) is 5.86. The van der Waals surface area contributed by atoms with Crippen LogP contribution in [0.15, 0.2) is 16.8 Å². The van der Waals surface area contributed by atoms with Gasteiger partial charge < -0.3 is 5.32 Å². The average molecular weight is 238 g/mol. The van der Waals surface area contributed by atoms with Crippen LogP contribution in [0.3, 0.4) is 0 Å². The lowest BCUT2D eigenvalue weighted by Crippen LogP contribution is -2.28. The summed E-state index contributed by atoms with van der Waals surface area (Å²) in [7, 11) is 0. The summed E-state index contributed by atoms with van der Waals surface area (Å²) in [5.41, 5.74) is 1.22. The van der Waals surface area contributed by atoms with E-state index in [9.17, 15) is 4.79 Å². The standard InChI is InChI=1S/C12H18N2OS/c1-2-3-4-6-14-8-11(15)13-12(14)10-5-7-16-9-10/h5,7,9,12H,2-4,6,8H2,1H3,(H,13,15)/t12-/m1/s1. The largest absolute Gasteiger partial charge is 0.335 e. The zero-order valence-electron chi connectivity index (χ0n) is 9.61. The molecule has 2 heterocycles. The van der Waals surface area contributed by atoms with Crippen molar-refractivity contribution in [3.05, 3.63) is 22.4 Å². The highest BCUT2D eigenvalue weighted by molar-refractivity contribution is 7.07. The first-order valence-corrected chi connectivity index (χ1v) is 6.81. The lowest BCUT2D eigenvalue weighted by atomic mass is 10.2. The molecule has 3 nitrogen and oxygen atoms in total. The van der Waals surface area contributed by atoms with Crippen LogP contribution < -0.4 is 5.32 Å². The normalized spacial score (nSPS) is 21.3. The van der Waals surface area contributed by atoms with Crippen molar-refractivity contribution in [2.75, 3.05) is 13.1 Å². The summed E-state index contributed by atoms with van der Waals surface area (Å²) in [5, 5.41) is 7.20. The number of nitrogens with one attached hydrogen (secondary N) is 1. The number of thiophene rings is 1. The molecule has 2 rings (SSSR count). The van der Waals surface area contributed by atoms with Gasteiger partial charge in [-0.05, 0) is 28.8 Å². The van der Waals surface area contributed by atoms with E-state index >= 15 is 0 Å². The van der Waals surface area contributed by atoms with Crippen LogP contribution in [0.4, 0.5) is 0 Å². The molecule has 0 saturated carbocycles. The number of unbranched alkanes of at least 4 members (excludes halogenated alkanes) is 2. The number of amides is 1. The van der Waals surface area contributed by atoms with Gasteiger partial charge in [-0.1, -0.05) is 19.8 Å². The van der Waals surface area contributed by atoms with Crippen molar-refractivity contribution in [1.82, 2.24) is 10.2 Å². The number of carbonyl (C=O) groups is 1. The van der Waals surface area contributed by atoms with Gasteiger partial charge in [0.25, 0.3) is 0 Å². The number of nitrogens with zero attached hydrogens (tertiary/aromatic N) is 1. The quantitative estimate of drug-likeness (QED) is 0.799. The van der Waals surface area contributed by atoms with Crippen molar-refractivity contribution in [1.29, 1.82) is 0 Å². The molecule has 1 aliphatic heterocycles. The minimum Gasteiger partial charge on any atom is -0.335 e. The van der Waals surface area contributed by atoms with E-state index in [0.29, 0.717) is 6.54 Å². The Bertz CT molecular complexity index is 337. The van der Waals surface area contributed by atoms with Crippen LogP contribution in [0.2, 0.25) is 0 Å². The van der Waals surface area contributed by atoms with Crippen LogP contribution in [0.5, 0.6) is 0 Å². The molecule has 0 spiro atoms. The summed E-state index contributed by atoms with van der Waals surface area (Å²) in [5.74, 6) is 0.146. The predicted molar refractivity (Wildman–Crippen MR) is 66.3 cm³/mol. The summed E-state index contributed by atoms with van der Waals surface area (Å²) in [4.78, 5) is 13.7. The van der Waals surface area contributed by atoms with Gasteiger partial charge in [0.15, 0.2) is 0 Å². The van der Waals surface area contributed by atoms with Crippen molar-refractivity contribution >= 4 is 17.2 Å². The minimum absolute atomic E-state index is 0.107. The summed E-state index contributed by atoms with van der Waals surface area (Å²) in [6.07, 6.45) is 3.74. The number of hydrogen-bond acceptors (Lipinski definition) is 3. The van der Waals surface area contributed by atoms with Gasteiger partial charge in [0.1, 0.15) is 6.17 Å². The second kappa shape index (κ2) is 5.46. The molecule has 1 atom stereocenters. The lowest BCUT2D eigenvalue weighted by Gasteiger charge is -2.22. The monoisotopic (exact) mass is 238 g/mol. The van der Waals surface area contributed by atoms with Crippen molar-refractivity contribution < 1.29 is 4.79 Å². The van der Waals surface area contributed by atoms with Crippen molar-refractivity contribution in [3.8, 4) is 0 Å². The predicted octanol–water partition coefficient (Wildman–Crippen LogP) is 2.37. The van der Waals surface area contributed by atoms with Gasteiger partial charge in [-0.15, -0.1) is 0 Å². The van der Waals surface area contributed by atoms with Crippen LogP contribution >= 0.6 is 11.3 Å². The van der Waals surface area contributed by atoms with E-state index in [1.165, 1.54) is 24.8 Å². The maximum Gasteiger partial charge on any atom is 0.235 e. The Morgan fingerprint density at radius 2 is 2.44 bits per heavy atom. The van der Waals surface area contributed by atoms with Gasteiger partial charge in [0.2, 0.25) is 5.91 Å². The molecule has 1 saturated heterocycles. The molecule has 1 aliphatic rings. The molecule has 0 unspecified atom stereocenters. The first-order chi connectivity index (χ1) is 7.81. The molecule has 1 fully saturated rings. The Kier molecular flexibility index (Phi) is 3.96. The van der Waals surface area contributed by atoms with Gasteiger partial charge in [0.05, 0.1) is 6.54 Å². The fourth-order valence-electron chi connectivity index (χ4n) is 2.06. The molecule has 4 heteroatoms. The second-order valence-corrected chi connectivity index (χ2v) is 4.98. The molecule has 0 bridgehead atoms. The molecule has 1 N–H and O–H groups in total. The average Bonchev–Trinajstić information content (AvgIpc) is 2.87. The zero-order valence-corrected chi connectivity index (χ0v) is 10.4. The van der Waals surface area contributed by atoms with Crippen LogP contribution in [0, 0.1) is 0 Å². The van der Waals surface area contributed by atoms with Gasteiger partial charge in [-0.25, -0.2) is 0 Å². The van der Waals surface area contributed by atoms with E-state index in [0.717, 1.165) is 6.54 Å². The van der Waals surface area contributed by atoms with Crippen molar-refractivity contribution in [2.24, 2.45) is 0 Å². The fourth-order valence-corrected chi connectivity index (χ4v) is 2.74. The molecular formula is C12H18N2OS. The second-order valence-electron chi connectivity index (χ2n) is 4.20. The van der Waals surface area contributed by atoms with Crippen LogP contribution in [0.25, 0.3) is 0 Å². The fraction of sp³-hybridized carbons (Fsp3) is 0.583.